The maximum absolute atomic E-state index is 15.8. The molecule has 1 fully saturated rings. The zero-order valence-corrected chi connectivity index (χ0v) is 24.5. The Labute approximate surface area is 244 Å². The van der Waals surface area contributed by atoms with Gasteiger partial charge in [0.2, 0.25) is 0 Å². The highest BCUT2D eigenvalue weighted by molar-refractivity contribution is 7.56. The molecule has 5 aromatic rings. The van der Waals surface area contributed by atoms with E-state index in [1.165, 1.54) is 0 Å². The molecule has 3 nitrogen and oxygen atoms in total. The first-order chi connectivity index (χ1) is 20.0. The second-order valence-electron chi connectivity index (χ2n) is 11.0. The summed E-state index contributed by atoms with van der Waals surface area (Å²) in [4.78, 5) is 0. The summed E-state index contributed by atoms with van der Waals surface area (Å²) in [5, 5.41) is 0. The zero-order chi connectivity index (χ0) is 28.3. The summed E-state index contributed by atoms with van der Waals surface area (Å²) >= 11 is 0. The molecule has 1 aliphatic rings. The lowest BCUT2D eigenvalue weighted by Gasteiger charge is -2.47. The summed E-state index contributed by atoms with van der Waals surface area (Å²) in [6.07, 6.45) is 0.0550. The third-order valence-corrected chi connectivity index (χ3v) is 11.2. The van der Waals surface area contributed by atoms with Crippen LogP contribution < -0.4 is 0 Å². The molecule has 0 radical (unpaired) electrons. The Balaban J connectivity index is 1.63. The highest BCUT2D eigenvalue weighted by atomic mass is 31.2. The summed E-state index contributed by atoms with van der Waals surface area (Å²) in [6.45, 7) is 4.33. The second-order valence-corrected chi connectivity index (χ2v) is 13.2. The van der Waals surface area contributed by atoms with Crippen molar-refractivity contribution in [2.75, 3.05) is 6.16 Å². The van der Waals surface area contributed by atoms with Crippen molar-refractivity contribution in [3.63, 3.8) is 0 Å². The molecule has 1 heterocycles. The maximum Gasteiger partial charge on any atom is 0.275 e. The standard InChI is InChI=1S/C37H36NO2P/c1-29(31-18-8-3-9-19-31)28-41(39)38(30(2)36(40-41)32-20-10-4-11-21-32)37(33-22-12-5-13-23-33,34-24-14-6-15-25-34)35-26-16-7-17-27-35/h3-27,29-30,36H,28H2,1-2H3/t29-,30-,36-,41?/m0/s1. The van der Waals surface area contributed by atoms with Crippen LogP contribution in [0, 0.1) is 0 Å². The minimum absolute atomic E-state index is 0.0336. The minimum atomic E-state index is -3.46. The van der Waals surface area contributed by atoms with E-state index in [9.17, 15) is 0 Å². The van der Waals surface area contributed by atoms with Gasteiger partial charge in [0.1, 0.15) is 11.6 Å². The zero-order valence-electron chi connectivity index (χ0n) is 23.6. The first-order valence-electron chi connectivity index (χ1n) is 14.4. The van der Waals surface area contributed by atoms with Gasteiger partial charge in [-0.1, -0.05) is 159 Å². The van der Waals surface area contributed by atoms with Crippen LogP contribution >= 0.6 is 7.52 Å². The molecule has 0 saturated carbocycles. The lowest BCUT2D eigenvalue weighted by Crippen LogP contribution is -2.49. The van der Waals surface area contributed by atoms with E-state index in [0.717, 1.165) is 27.8 Å². The first-order valence-corrected chi connectivity index (χ1v) is 16.1. The van der Waals surface area contributed by atoms with Crippen LogP contribution in [0.2, 0.25) is 0 Å². The Morgan fingerprint density at radius 1 is 0.659 bits per heavy atom. The molecule has 206 valence electrons. The second kappa shape index (κ2) is 11.6. The van der Waals surface area contributed by atoms with Crippen LogP contribution in [-0.2, 0) is 14.6 Å². The summed E-state index contributed by atoms with van der Waals surface area (Å²) in [7, 11) is -3.46. The highest BCUT2D eigenvalue weighted by Crippen LogP contribution is 2.70. The predicted molar refractivity (Wildman–Crippen MR) is 168 cm³/mol. The molecule has 0 aliphatic carbocycles. The van der Waals surface area contributed by atoms with Gasteiger partial charge in [-0.15, -0.1) is 0 Å². The molecule has 0 spiro atoms. The van der Waals surface area contributed by atoms with Gasteiger partial charge in [0.15, 0.2) is 0 Å². The van der Waals surface area contributed by atoms with E-state index in [4.69, 9.17) is 4.52 Å². The largest absolute Gasteiger partial charge is 0.307 e. The molecule has 0 N–H and O–H groups in total. The number of hydrogen-bond donors (Lipinski definition) is 0. The normalized spacial score (nSPS) is 21.9. The van der Waals surface area contributed by atoms with Gasteiger partial charge in [-0.25, -0.2) is 4.67 Å². The molecule has 41 heavy (non-hydrogen) atoms. The molecule has 1 saturated heterocycles. The molecule has 1 aliphatic heterocycles. The molecule has 5 aromatic carbocycles. The van der Waals surface area contributed by atoms with E-state index >= 15 is 4.57 Å². The Morgan fingerprint density at radius 3 is 1.49 bits per heavy atom. The van der Waals surface area contributed by atoms with Crippen molar-refractivity contribution in [1.82, 2.24) is 4.67 Å². The highest BCUT2D eigenvalue weighted by Gasteiger charge is 2.59. The van der Waals surface area contributed by atoms with Gasteiger partial charge in [-0.05, 0) is 40.7 Å². The average molecular weight is 558 g/mol. The fourth-order valence-electron chi connectivity index (χ4n) is 6.54. The van der Waals surface area contributed by atoms with Crippen LogP contribution in [0.5, 0.6) is 0 Å². The van der Waals surface area contributed by atoms with E-state index in [1.54, 1.807) is 0 Å². The van der Waals surface area contributed by atoms with Crippen molar-refractivity contribution >= 4 is 7.52 Å². The average Bonchev–Trinajstić information content (AvgIpc) is 3.30. The van der Waals surface area contributed by atoms with Crippen molar-refractivity contribution in [2.24, 2.45) is 0 Å². The quantitative estimate of drug-likeness (QED) is 0.141. The summed E-state index contributed by atoms with van der Waals surface area (Å²) in [5.41, 5.74) is 4.54. The summed E-state index contributed by atoms with van der Waals surface area (Å²) < 4.78 is 24.9. The van der Waals surface area contributed by atoms with Crippen LogP contribution in [0.15, 0.2) is 152 Å². The van der Waals surface area contributed by atoms with Gasteiger partial charge < -0.3 is 4.52 Å². The third kappa shape index (κ3) is 5.00. The van der Waals surface area contributed by atoms with Gasteiger partial charge in [0.25, 0.3) is 7.52 Å². The van der Waals surface area contributed by atoms with E-state index in [2.05, 4.69) is 116 Å². The van der Waals surface area contributed by atoms with Gasteiger partial charge in [-0.2, -0.15) is 0 Å². The monoisotopic (exact) mass is 557 g/mol. The van der Waals surface area contributed by atoms with Crippen molar-refractivity contribution in [2.45, 2.75) is 37.5 Å². The van der Waals surface area contributed by atoms with Crippen LogP contribution in [0.25, 0.3) is 0 Å². The smallest absolute Gasteiger partial charge is 0.275 e. The van der Waals surface area contributed by atoms with Crippen molar-refractivity contribution in [3.8, 4) is 0 Å². The van der Waals surface area contributed by atoms with Gasteiger partial charge >= 0.3 is 0 Å². The van der Waals surface area contributed by atoms with Crippen LogP contribution in [0.4, 0.5) is 0 Å². The van der Waals surface area contributed by atoms with Crippen LogP contribution in [0.3, 0.4) is 0 Å². The van der Waals surface area contributed by atoms with E-state index in [1.807, 2.05) is 54.6 Å². The van der Waals surface area contributed by atoms with Gasteiger partial charge in [0.05, 0.1) is 0 Å². The molecule has 4 atom stereocenters. The molecule has 0 aromatic heterocycles. The lowest BCUT2D eigenvalue weighted by molar-refractivity contribution is 0.177. The van der Waals surface area contributed by atoms with Crippen molar-refractivity contribution in [3.05, 3.63) is 179 Å². The van der Waals surface area contributed by atoms with Crippen molar-refractivity contribution < 1.29 is 9.09 Å². The topological polar surface area (TPSA) is 29.5 Å². The SMILES string of the molecule is C[C@@H](CP1(=O)O[C@H](c2ccccc2)[C@H](C)N1C(c1ccccc1)(c1ccccc1)c1ccccc1)c1ccccc1. The predicted octanol–water partition coefficient (Wildman–Crippen LogP) is 9.44. The summed E-state index contributed by atoms with van der Waals surface area (Å²) in [5.74, 6) is 0.0336. The Bertz CT molecular complexity index is 1490. The third-order valence-electron chi connectivity index (χ3n) is 8.35. The molecular formula is C37H36NO2P. The van der Waals surface area contributed by atoms with Gasteiger partial charge in [0, 0.05) is 12.2 Å². The molecule has 6 rings (SSSR count). The van der Waals surface area contributed by atoms with E-state index in [-0.39, 0.29) is 18.1 Å². The number of rotatable bonds is 8. The maximum atomic E-state index is 15.8. The molecule has 0 bridgehead atoms. The molecule has 0 amide bonds. The minimum Gasteiger partial charge on any atom is -0.307 e. The Hall–Kier alpha value is -3.75. The Kier molecular flexibility index (Phi) is 7.77. The fraction of sp³-hybridized carbons (Fsp3) is 0.189. The fourth-order valence-corrected chi connectivity index (χ4v) is 9.94. The molecule has 4 heteroatoms. The molecule has 1 unspecified atom stereocenters. The van der Waals surface area contributed by atoms with Crippen LogP contribution in [0.1, 0.15) is 53.7 Å². The first kappa shape index (κ1) is 27.4. The number of benzene rings is 5. The van der Waals surface area contributed by atoms with E-state index < -0.39 is 13.1 Å². The number of nitrogens with zero attached hydrogens (tertiary/aromatic N) is 1. The Morgan fingerprint density at radius 2 is 1.05 bits per heavy atom. The number of hydrogen-bond acceptors (Lipinski definition) is 2. The van der Waals surface area contributed by atoms with E-state index in [0.29, 0.717) is 6.16 Å². The molecular weight excluding hydrogens is 521 g/mol. The van der Waals surface area contributed by atoms with Gasteiger partial charge in [-0.3, -0.25) is 4.57 Å². The van der Waals surface area contributed by atoms with Crippen molar-refractivity contribution in [1.29, 1.82) is 0 Å². The van der Waals surface area contributed by atoms with Crippen LogP contribution in [-0.4, -0.2) is 16.9 Å². The lowest BCUT2D eigenvalue weighted by atomic mass is 9.76. The summed E-state index contributed by atoms with van der Waals surface area (Å²) in [6, 6.07) is 51.9.